The summed E-state index contributed by atoms with van der Waals surface area (Å²) in [6, 6.07) is 14.5. The number of rotatable bonds is 5. The molecule has 0 saturated carbocycles. The average Bonchev–Trinajstić information content (AvgIpc) is 2.42. The van der Waals surface area contributed by atoms with E-state index in [1.54, 1.807) is 0 Å². The van der Waals surface area contributed by atoms with Crippen molar-refractivity contribution in [3.05, 3.63) is 54.2 Å². The number of aromatic nitrogens is 1. The minimum atomic E-state index is 0.865. The Labute approximate surface area is 108 Å². The number of hydrogen-bond acceptors (Lipinski definition) is 3. The first-order valence-electron chi connectivity index (χ1n) is 6.24. The van der Waals surface area contributed by atoms with Crippen LogP contribution in [0.1, 0.15) is 12.5 Å². The molecule has 3 nitrogen and oxygen atoms in total. The number of nitrogens with zero attached hydrogens (tertiary/aromatic N) is 2. The van der Waals surface area contributed by atoms with E-state index in [4.69, 9.17) is 0 Å². The third-order valence-corrected chi connectivity index (χ3v) is 2.80. The molecule has 0 radical (unpaired) electrons. The van der Waals surface area contributed by atoms with E-state index in [1.165, 1.54) is 11.3 Å². The van der Waals surface area contributed by atoms with Gasteiger partial charge in [0.2, 0.25) is 0 Å². The second-order valence-electron chi connectivity index (χ2n) is 4.27. The Morgan fingerprint density at radius 1 is 1.11 bits per heavy atom. The maximum atomic E-state index is 4.38. The fourth-order valence-electron chi connectivity index (χ4n) is 1.85. The normalized spacial score (nSPS) is 10.1. The van der Waals surface area contributed by atoms with Crippen LogP contribution in [0, 0.1) is 0 Å². The molecule has 1 aromatic heterocycles. The fourth-order valence-corrected chi connectivity index (χ4v) is 1.85. The zero-order valence-corrected chi connectivity index (χ0v) is 10.9. The largest absolute Gasteiger partial charge is 0.370 e. The van der Waals surface area contributed by atoms with E-state index in [0.29, 0.717) is 0 Å². The summed E-state index contributed by atoms with van der Waals surface area (Å²) < 4.78 is 0. The highest BCUT2D eigenvalue weighted by Gasteiger charge is 2.01. The lowest BCUT2D eigenvalue weighted by atomic mass is 10.2. The van der Waals surface area contributed by atoms with E-state index in [-0.39, 0.29) is 0 Å². The Hall–Kier alpha value is -2.03. The monoisotopic (exact) mass is 241 g/mol. The van der Waals surface area contributed by atoms with E-state index >= 15 is 0 Å². The average molecular weight is 241 g/mol. The number of hydrogen-bond donors (Lipinski definition) is 1. The Balaban J connectivity index is 2.01. The van der Waals surface area contributed by atoms with Crippen molar-refractivity contribution in [1.82, 2.24) is 4.98 Å². The Bertz CT molecular complexity index is 465. The lowest BCUT2D eigenvalue weighted by Crippen LogP contribution is -2.16. The Morgan fingerprint density at radius 2 is 1.89 bits per heavy atom. The van der Waals surface area contributed by atoms with Gasteiger partial charge in [-0.05, 0) is 30.7 Å². The van der Waals surface area contributed by atoms with Crippen molar-refractivity contribution in [2.24, 2.45) is 0 Å². The van der Waals surface area contributed by atoms with Gasteiger partial charge in [-0.15, -0.1) is 0 Å². The van der Waals surface area contributed by atoms with Gasteiger partial charge in [0.05, 0.1) is 0 Å². The minimum Gasteiger partial charge on any atom is -0.370 e. The van der Waals surface area contributed by atoms with Gasteiger partial charge in [0.15, 0.2) is 0 Å². The van der Waals surface area contributed by atoms with E-state index in [1.807, 2.05) is 18.3 Å². The van der Waals surface area contributed by atoms with Crippen molar-refractivity contribution in [3.8, 4) is 0 Å². The molecule has 18 heavy (non-hydrogen) atoms. The summed E-state index contributed by atoms with van der Waals surface area (Å²) in [5.74, 6) is 0.934. The lowest BCUT2D eigenvalue weighted by molar-refractivity contribution is 0.915. The van der Waals surface area contributed by atoms with Crippen molar-refractivity contribution in [3.63, 3.8) is 0 Å². The van der Waals surface area contributed by atoms with Crippen LogP contribution < -0.4 is 10.2 Å². The van der Waals surface area contributed by atoms with Gasteiger partial charge < -0.3 is 10.2 Å². The molecule has 0 fully saturated rings. The van der Waals surface area contributed by atoms with E-state index < -0.39 is 0 Å². The third-order valence-electron chi connectivity index (χ3n) is 2.80. The van der Waals surface area contributed by atoms with Crippen molar-refractivity contribution < 1.29 is 0 Å². The SMILES string of the molecule is CCNc1ccc(CN(C)c2ccccc2)cn1. The van der Waals surface area contributed by atoms with E-state index in [0.717, 1.165) is 18.9 Å². The predicted octanol–water partition coefficient (Wildman–Crippen LogP) is 3.15. The van der Waals surface area contributed by atoms with Gasteiger partial charge in [-0.1, -0.05) is 24.3 Å². The molecule has 0 amide bonds. The molecule has 2 rings (SSSR count). The summed E-state index contributed by atoms with van der Waals surface area (Å²) in [6.45, 7) is 3.83. The quantitative estimate of drug-likeness (QED) is 0.871. The van der Waals surface area contributed by atoms with Crippen LogP contribution in [0.2, 0.25) is 0 Å². The summed E-state index contributed by atoms with van der Waals surface area (Å²) >= 11 is 0. The molecule has 0 saturated heterocycles. The van der Waals surface area contributed by atoms with Crippen molar-refractivity contribution in [2.45, 2.75) is 13.5 Å². The number of nitrogens with one attached hydrogen (secondary N) is 1. The molecule has 0 aliphatic heterocycles. The van der Waals surface area contributed by atoms with Gasteiger partial charge in [-0.3, -0.25) is 0 Å². The standard InChI is InChI=1S/C15H19N3/c1-3-16-15-10-9-13(11-17-15)12-18(2)14-7-5-4-6-8-14/h4-11H,3,12H2,1-2H3,(H,16,17). The molecule has 3 heteroatoms. The highest BCUT2D eigenvalue weighted by molar-refractivity contribution is 5.46. The second-order valence-corrected chi connectivity index (χ2v) is 4.27. The molecule has 1 aromatic carbocycles. The van der Waals surface area contributed by atoms with Gasteiger partial charge in [-0.25, -0.2) is 4.98 Å². The molecule has 2 aromatic rings. The molecular weight excluding hydrogens is 222 g/mol. The van der Waals surface area contributed by atoms with E-state index in [2.05, 4.69) is 59.5 Å². The topological polar surface area (TPSA) is 28.2 Å². The van der Waals surface area contributed by atoms with Crippen LogP contribution >= 0.6 is 0 Å². The highest BCUT2D eigenvalue weighted by atomic mass is 15.1. The number of benzene rings is 1. The lowest BCUT2D eigenvalue weighted by Gasteiger charge is -2.19. The van der Waals surface area contributed by atoms with Crippen LogP contribution in [0.25, 0.3) is 0 Å². The molecule has 0 aliphatic rings. The molecule has 0 spiro atoms. The van der Waals surface area contributed by atoms with Gasteiger partial charge in [0.1, 0.15) is 5.82 Å². The van der Waals surface area contributed by atoms with Crippen LogP contribution in [-0.4, -0.2) is 18.6 Å². The zero-order chi connectivity index (χ0) is 12.8. The maximum absolute atomic E-state index is 4.38. The first kappa shape index (κ1) is 12.4. The number of para-hydroxylation sites is 1. The van der Waals surface area contributed by atoms with Crippen LogP contribution in [0.5, 0.6) is 0 Å². The van der Waals surface area contributed by atoms with Gasteiger partial charge in [-0.2, -0.15) is 0 Å². The van der Waals surface area contributed by atoms with Crippen molar-refractivity contribution in [1.29, 1.82) is 0 Å². The van der Waals surface area contributed by atoms with Crippen molar-refractivity contribution >= 4 is 11.5 Å². The first-order valence-corrected chi connectivity index (χ1v) is 6.24. The molecule has 0 aliphatic carbocycles. The van der Waals surface area contributed by atoms with E-state index in [9.17, 15) is 0 Å². The first-order chi connectivity index (χ1) is 8.79. The Morgan fingerprint density at radius 3 is 2.50 bits per heavy atom. The molecule has 1 N–H and O–H groups in total. The summed E-state index contributed by atoms with van der Waals surface area (Å²) in [5.41, 5.74) is 2.43. The predicted molar refractivity (Wildman–Crippen MR) is 76.9 cm³/mol. The molecular formula is C15H19N3. The Kier molecular flexibility index (Phi) is 4.18. The van der Waals surface area contributed by atoms with Crippen LogP contribution in [-0.2, 0) is 6.54 Å². The molecule has 1 heterocycles. The fraction of sp³-hybridized carbons (Fsp3) is 0.267. The van der Waals surface area contributed by atoms with Gasteiger partial charge in [0.25, 0.3) is 0 Å². The van der Waals surface area contributed by atoms with Crippen LogP contribution in [0.15, 0.2) is 48.7 Å². The zero-order valence-electron chi connectivity index (χ0n) is 10.9. The highest BCUT2D eigenvalue weighted by Crippen LogP contribution is 2.14. The van der Waals surface area contributed by atoms with Crippen LogP contribution in [0.4, 0.5) is 11.5 Å². The second kappa shape index (κ2) is 6.05. The summed E-state index contributed by atoms with van der Waals surface area (Å²) in [6.07, 6.45) is 1.93. The summed E-state index contributed by atoms with van der Waals surface area (Å²) in [5, 5.41) is 3.20. The molecule has 0 atom stereocenters. The summed E-state index contributed by atoms with van der Waals surface area (Å²) in [4.78, 5) is 6.59. The van der Waals surface area contributed by atoms with Gasteiger partial charge in [0, 0.05) is 32.0 Å². The number of pyridine rings is 1. The third kappa shape index (κ3) is 3.23. The smallest absolute Gasteiger partial charge is 0.125 e. The summed E-state index contributed by atoms with van der Waals surface area (Å²) in [7, 11) is 2.09. The van der Waals surface area contributed by atoms with Gasteiger partial charge >= 0.3 is 0 Å². The maximum Gasteiger partial charge on any atom is 0.125 e. The molecule has 94 valence electrons. The minimum absolute atomic E-state index is 0.865. The van der Waals surface area contributed by atoms with Crippen LogP contribution in [0.3, 0.4) is 0 Å². The van der Waals surface area contributed by atoms with Crippen molar-refractivity contribution in [2.75, 3.05) is 23.8 Å². The molecule has 0 unspecified atom stereocenters. The number of anilines is 2. The molecule has 0 bridgehead atoms.